The highest BCUT2D eigenvalue weighted by molar-refractivity contribution is 7.98. The number of nitrogens with one attached hydrogen (secondary N) is 1. The number of para-hydroxylation sites is 2. The number of imidazole rings is 1. The smallest absolute Gasteiger partial charge is 0.328 e. The van der Waals surface area contributed by atoms with E-state index in [0.717, 1.165) is 22.5 Å². The van der Waals surface area contributed by atoms with Crippen LogP contribution in [0.15, 0.2) is 46.6 Å². The van der Waals surface area contributed by atoms with Crippen molar-refractivity contribution in [1.82, 2.24) is 14.5 Å². The molecule has 0 aliphatic heterocycles. The summed E-state index contributed by atoms with van der Waals surface area (Å²) in [5.74, 6) is 1.85. The van der Waals surface area contributed by atoms with Crippen LogP contribution >= 0.6 is 23.1 Å². The van der Waals surface area contributed by atoms with E-state index in [4.69, 9.17) is 0 Å². The summed E-state index contributed by atoms with van der Waals surface area (Å²) in [7, 11) is 1.76. The molecule has 0 radical (unpaired) electrons. The Hall–Kier alpha value is -1.99. The maximum atomic E-state index is 12.3. The molecule has 0 aliphatic rings. The van der Waals surface area contributed by atoms with Crippen molar-refractivity contribution in [3.63, 3.8) is 0 Å². The Kier molecular flexibility index (Phi) is 5.99. The number of carbonyl (C=O) groups excluding carboxylic acids is 1. The normalized spacial score (nSPS) is 11.1. The highest BCUT2D eigenvalue weighted by Crippen LogP contribution is 2.16. The molecule has 0 spiro atoms. The number of hydrogen-bond acceptors (Lipinski definition) is 4. The first-order chi connectivity index (χ1) is 12.2. The summed E-state index contributed by atoms with van der Waals surface area (Å²) < 4.78 is 3.29. The van der Waals surface area contributed by atoms with Crippen molar-refractivity contribution in [1.29, 1.82) is 0 Å². The first kappa shape index (κ1) is 17.8. The van der Waals surface area contributed by atoms with Gasteiger partial charge in [0.2, 0.25) is 5.91 Å². The summed E-state index contributed by atoms with van der Waals surface area (Å²) in [6.07, 6.45) is 0.309. The second kappa shape index (κ2) is 8.40. The van der Waals surface area contributed by atoms with Crippen molar-refractivity contribution in [2.45, 2.75) is 18.7 Å². The molecule has 3 rings (SSSR count). The molecular formula is C18H21N3O2S2. The van der Waals surface area contributed by atoms with Gasteiger partial charge < -0.3 is 5.32 Å². The van der Waals surface area contributed by atoms with Crippen LogP contribution in [0, 0.1) is 0 Å². The lowest BCUT2D eigenvalue weighted by molar-refractivity contribution is -0.121. The molecule has 3 aromatic rings. The van der Waals surface area contributed by atoms with Crippen LogP contribution in [-0.2, 0) is 24.1 Å². The SMILES string of the molecule is Cn1c(=O)n(CCC(=O)NCCSCc2cccs2)c2ccccc21. The summed E-state index contributed by atoms with van der Waals surface area (Å²) in [6, 6.07) is 11.8. The van der Waals surface area contributed by atoms with Gasteiger partial charge in [0.1, 0.15) is 0 Å². The van der Waals surface area contributed by atoms with E-state index in [9.17, 15) is 9.59 Å². The number of aryl methyl sites for hydroxylation is 2. The molecule has 1 N–H and O–H groups in total. The molecule has 25 heavy (non-hydrogen) atoms. The van der Waals surface area contributed by atoms with E-state index in [-0.39, 0.29) is 11.6 Å². The molecule has 1 amide bonds. The Bertz CT molecular complexity index is 897. The predicted octanol–water partition coefficient (Wildman–Crippen LogP) is 2.84. The summed E-state index contributed by atoms with van der Waals surface area (Å²) >= 11 is 3.57. The number of aromatic nitrogens is 2. The van der Waals surface area contributed by atoms with Crippen molar-refractivity contribution in [2.75, 3.05) is 12.3 Å². The Morgan fingerprint density at radius 1 is 1.20 bits per heavy atom. The van der Waals surface area contributed by atoms with Crippen molar-refractivity contribution in [3.05, 3.63) is 57.1 Å². The topological polar surface area (TPSA) is 56.0 Å². The van der Waals surface area contributed by atoms with E-state index in [1.807, 2.05) is 36.0 Å². The number of benzene rings is 1. The van der Waals surface area contributed by atoms with Gasteiger partial charge in [0.15, 0.2) is 0 Å². The molecule has 0 saturated heterocycles. The average molecular weight is 376 g/mol. The Labute approximate surface area is 154 Å². The molecule has 0 bridgehead atoms. The Morgan fingerprint density at radius 3 is 2.76 bits per heavy atom. The number of hydrogen-bond donors (Lipinski definition) is 1. The molecule has 0 atom stereocenters. The fourth-order valence-electron chi connectivity index (χ4n) is 2.71. The quantitative estimate of drug-likeness (QED) is 0.616. The van der Waals surface area contributed by atoms with E-state index in [1.165, 1.54) is 4.88 Å². The summed E-state index contributed by atoms with van der Waals surface area (Å²) in [4.78, 5) is 25.7. The maximum absolute atomic E-state index is 12.3. The monoisotopic (exact) mass is 375 g/mol. The lowest BCUT2D eigenvalue weighted by atomic mass is 10.3. The lowest BCUT2D eigenvalue weighted by Crippen LogP contribution is -2.29. The number of carbonyl (C=O) groups is 1. The van der Waals surface area contributed by atoms with Gasteiger partial charge in [-0.05, 0) is 23.6 Å². The zero-order chi connectivity index (χ0) is 17.6. The highest BCUT2D eigenvalue weighted by atomic mass is 32.2. The van der Waals surface area contributed by atoms with Gasteiger partial charge in [0, 0.05) is 42.9 Å². The first-order valence-corrected chi connectivity index (χ1v) is 10.2. The molecule has 0 unspecified atom stereocenters. The van der Waals surface area contributed by atoms with E-state index >= 15 is 0 Å². The third-order valence-corrected chi connectivity index (χ3v) is 6.07. The van der Waals surface area contributed by atoms with Gasteiger partial charge >= 0.3 is 5.69 Å². The van der Waals surface area contributed by atoms with Gasteiger partial charge in [-0.3, -0.25) is 13.9 Å². The van der Waals surface area contributed by atoms with Crippen molar-refractivity contribution >= 4 is 40.0 Å². The first-order valence-electron chi connectivity index (χ1n) is 8.18. The molecule has 0 saturated carbocycles. The summed E-state index contributed by atoms with van der Waals surface area (Å²) in [5.41, 5.74) is 1.67. The number of thioether (sulfide) groups is 1. The number of fused-ring (bicyclic) bond motifs is 1. The van der Waals surface area contributed by atoms with Gasteiger partial charge in [-0.1, -0.05) is 18.2 Å². The summed E-state index contributed by atoms with van der Waals surface area (Å²) in [6.45, 7) is 1.05. The molecule has 132 valence electrons. The van der Waals surface area contributed by atoms with Crippen LogP contribution in [-0.4, -0.2) is 27.3 Å². The highest BCUT2D eigenvalue weighted by Gasteiger charge is 2.11. The van der Waals surface area contributed by atoms with E-state index < -0.39 is 0 Å². The zero-order valence-corrected chi connectivity index (χ0v) is 15.7. The van der Waals surface area contributed by atoms with E-state index in [2.05, 4.69) is 22.8 Å². The second-order valence-electron chi connectivity index (χ2n) is 5.71. The molecule has 5 nitrogen and oxygen atoms in total. The van der Waals surface area contributed by atoms with Gasteiger partial charge in [-0.25, -0.2) is 4.79 Å². The fraction of sp³-hybridized carbons (Fsp3) is 0.333. The molecule has 7 heteroatoms. The Balaban J connectivity index is 1.45. The van der Waals surface area contributed by atoms with Gasteiger partial charge in [0.05, 0.1) is 11.0 Å². The molecule has 2 heterocycles. The molecule has 0 aliphatic carbocycles. The predicted molar refractivity (Wildman–Crippen MR) is 105 cm³/mol. The third-order valence-electron chi connectivity index (χ3n) is 4.01. The molecular weight excluding hydrogens is 354 g/mol. The standard InChI is InChI=1S/C18H21N3O2S2/c1-20-15-6-2-3-7-16(15)21(18(20)23)10-8-17(22)19-9-12-24-13-14-5-4-11-25-14/h2-7,11H,8-10,12-13H2,1H3,(H,19,22). The minimum absolute atomic E-state index is 0.0171. The van der Waals surface area contributed by atoms with Gasteiger partial charge in [0.25, 0.3) is 0 Å². The fourth-order valence-corrected chi connectivity index (χ4v) is 4.41. The molecule has 0 fully saturated rings. The van der Waals surface area contributed by atoms with E-state index in [0.29, 0.717) is 19.5 Å². The number of rotatable bonds is 8. The minimum Gasteiger partial charge on any atom is -0.355 e. The van der Waals surface area contributed by atoms with Crippen LogP contribution in [0.3, 0.4) is 0 Å². The minimum atomic E-state index is -0.0829. The molecule has 1 aromatic carbocycles. The maximum Gasteiger partial charge on any atom is 0.328 e. The average Bonchev–Trinajstić information content (AvgIpc) is 3.22. The van der Waals surface area contributed by atoms with Crippen LogP contribution in [0.2, 0.25) is 0 Å². The number of nitrogens with zero attached hydrogens (tertiary/aromatic N) is 2. The van der Waals surface area contributed by atoms with Crippen LogP contribution < -0.4 is 11.0 Å². The van der Waals surface area contributed by atoms with Crippen LogP contribution in [0.1, 0.15) is 11.3 Å². The lowest BCUT2D eigenvalue weighted by Gasteiger charge is -2.06. The largest absolute Gasteiger partial charge is 0.355 e. The number of amides is 1. The van der Waals surface area contributed by atoms with Crippen molar-refractivity contribution in [3.8, 4) is 0 Å². The van der Waals surface area contributed by atoms with Crippen LogP contribution in [0.5, 0.6) is 0 Å². The zero-order valence-electron chi connectivity index (χ0n) is 14.1. The van der Waals surface area contributed by atoms with E-state index in [1.54, 1.807) is 27.5 Å². The van der Waals surface area contributed by atoms with Crippen LogP contribution in [0.4, 0.5) is 0 Å². The van der Waals surface area contributed by atoms with Crippen molar-refractivity contribution < 1.29 is 4.79 Å². The number of thiophene rings is 1. The van der Waals surface area contributed by atoms with Crippen LogP contribution in [0.25, 0.3) is 11.0 Å². The van der Waals surface area contributed by atoms with Gasteiger partial charge in [-0.15, -0.1) is 11.3 Å². The second-order valence-corrected chi connectivity index (χ2v) is 7.85. The van der Waals surface area contributed by atoms with Crippen molar-refractivity contribution in [2.24, 2.45) is 7.05 Å². The Morgan fingerprint density at radius 2 is 2.00 bits per heavy atom. The van der Waals surface area contributed by atoms with Gasteiger partial charge in [-0.2, -0.15) is 11.8 Å². The third kappa shape index (κ3) is 4.35. The summed E-state index contributed by atoms with van der Waals surface area (Å²) in [5, 5.41) is 5.01. The molecule has 2 aromatic heterocycles.